The Kier molecular flexibility index (Phi) is 5.87. The van der Waals surface area contributed by atoms with Crippen LogP contribution in [-0.4, -0.2) is 11.7 Å². The van der Waals surface area contributed by atoms with Crippen LogP contribution in [-0.2, 0) is 0 Å². The van der Waals surface area contributed by atoms with Gasteiger partial charge in [0, 0.05) is 49.4 Å². The fourth-order valence-electron chi connectivity index (χ4n) is 7.06. The Balaban J connectivity index is 1.21. The summed E-state index contributed by atoms with van der Waals surface area (Å²) < 4.78 is 13.2. The van der Waals surface area contributed by atoms with Gasteiger partial charge in [-0.25, -0.2) is 9.98 Å². The molecule has 1 atom stereocenters. The molecule has 2 aromatic heterocycles. The van der Waals surface area contributed by atoms with E-state index in [4.69, 9.17) is 18.8 Å². The van der Waals surface area contributed by atoms with Crippen molar-refractivity contribution in [2.24, 2.45) is 9.98 Å². The summed E-state index contributed by atoms with van der Waals surface area (Å²) >= 11 is 0. The Hall–Kier alpha value is -6.46. The average Bonchev–Trinajstić information content (AvgIpc) is 3.74. The third-order valence-electron chi connectivity index (χ3n) is 9.34. The molecule has 1 N–H and O–H groups in total. The number of nitrogens with one attached hydrogen (secondary N) is 1. The summed E-state index contributed by atoms with van der Waals surface area (Å²) in [5, 5.41) is 10.1. The van der Waals surface area contributed by atoms with Crippen LogP contribution in [0.1, 0.15) is 22.9 Å². The number of hydrogen-bond donors (Lipinski definition) is 1. The number of furan rings is 2. The Labute approximate surface area is 275 Å². The lowest BCUT2D eigenvalue weighted by molar-refractivity contribution is 0.664. The van der Waals surface area contributed by atoms with Crippen molar-refractivity contribution in [2.75, 3.05) is 0 Å². The van der Waals surface area contributed by atoms with Crippen LogP contribution in [0.2, 0.25) is 0 Å². The lowest BCUT2D eigenvalue weighted by Gasteiger charge is -2.23. The van der Waals surface area contributed by atoms with Crippen LogP contribution in [0.5, 0.6) is 0 Å². The molecule has 0 saturated carbocycles. The standard InChI is InChI=1S/C43H27N3O2/c1-2-12-27(13-3-1)41-44-42(29-22-21-26-11-4-5-14-28(26)25-29)46-43(45-41)35-24-23-33(40-38(35)34-16-7-9-20-37(34)48-40)32-18-10-17-31-30-15-6-8-19-36(30)47-39(31)32/h1-25,43H,(H,44,45,46). The van der Waals surface area contributed by atoms with E-state index in [2.05, 4.69) is 108 Å². The molecule has 0 bridgehead atoms. The van der Waals surface area contributed by atoms with Gasteiger partial charge in [0.15, 0.2) is 6.17 Å². The Morgan fingerprint density at radius 1 is 0.458 bits per heavy atom. The quantitative estimate of drug-likeness (QED) is 0.214. The molecule has 0 radical (unpaired) electrons. The van der Waals surface area contributed by atoms with Crippen molar-refractivity contribution in [1.82, 2.24) is 5.32 Å². The molecule has 3 heterocycles. The second-order valence-electron chi connectivity index (χ2n) is 12.2. The summed E-state index contributed by atoms with van der Waals surface area (Å²) in [7, 11) is 0. The predicted molar refractivity (Wildman–Crippen MR) is 196 cm³/mol. The van der Waals surface area contributed by atoms with Crippen LogP contribution in [0.4, 0.5) is 0 Å². The van der Waals surface area contributed by atoms with Crippen LogP contribution >= 0.6 is 0 Å². The normalized spacial score (nSPS) is 14.9. The second-order valence-corrected chi connectivity index (χ2v) is 12.2. The summed E-state index contributed by atoms with van der Waals surface area (Å²) in [5.41, 5.74) is 8.25. The van der Waals surface area contributed by atoms with Crippen LogP contribution in [0.15, 0.2) is 170 Å². The van der Waals surface area contributed by atoms with Gasteiger partial charge in [-0.2, -0.15) is 0 Å². The Bertz CT molecular complexity index is 2770. The van der Waals surface area contributed by atoms with E-state index < -0.39 is 6.17 Å². The summed E-state index contributed by atoms with van der Waals surface area (Å²) in [5.74, 6) is 1.55. The highest BCUT2D eigenvalue weighted by Gasteiger charge is 2.26. The Morgan fingerprint density at radius 3 is 1.96 bits per heavy atom. The number of fused-ring (bicyclic) bond motifs is 7. The van der Waals surface area contributed by atoms with E-state index in [0.29, 0.717) is 0 Å². The highest BCUT2D eigenvalue weighted by atomic mass is 16.3. The number of hydrogen-bond acceptors (Lipinski definition) is 5. The van der Waals surface area contributed by atoms with Gasteiger partial charge in [0.2, 0.25) is 0 Å². The molecule has 9 aromatic rings. The van der Waals surface area contributed by atoms with Gasteiger partial charge in [0.05, 0.1) is 0 Å². The SMILES string of the molecule is c1ccc(C2=NC(c3ccc(-c4cccc5c4oc4ccccc45)c4oc5ccccc5c34)N=C(c3ccc4ccccc4c3)N2)cc1. The molecule has 0 spiro atoms. The van der Waals surface area contributed by atoms with E-state index in [0.717, 1.165) is 88.8 Å². The molecule has 0 fully saturated rings. The van der Waals surface area contributed by atoms with Crippen LogP contribution in [0.25, 0.3) is 65.8 Å². The number of para-hydroxylation sites is 3. The highest BCUT2D eigenvalue weighted by molar-refractivity contribution is 6.18. The molecule has 48 heavy (non-hydrogen) atoms. The van der Waals surface area contributed by atoms with Crippen molar-refractivity contribution in [1.29, 1.82) is 0 Å². The predicted octanol–water partition coefficient (Wildman–Crippen LogP) is 10.8. The third kappa shape index (κ3) is 4.18. The fraction of sp³-hybridized carbons (Fsp3) is 0.0233. The maximum absolute atomic E-state index is 6.71. The topological polar surface area (TPSA) is 63.0 Å². The fourth-order valence-corrected chi connectivity index (χ4v) is 7.06. The van der Waals surface area contributed by atoms with Crippen LogP contribution in [0, 0.1) is 0 Å². The first-order valence-corrected chi connectivity index (χ1v) is 16.1. The molecule has 1 aliphatic rings. The van der Waals surface area contributed by atoms with Crippen LogP contribution < -0.4 is 5.32 Å². The maximum Gasteiger partial charge on any atom is 0.170 e. The number of rotatable bonds is 4. The van der Waals surface area contributed by atoms with Gasteiger partial charge in [0.25, 0.3) is 0 Å². The lowest BCUT2D eigenvalue weighted by Crippen LogP contribution is -2.36. The van der Waals surface area contributed by atoms with Gasteiger partial charge < -0.3 is 14.2 Å². The molecule has 5 nitrogen and oxygen atoms in total. The molecule has 7 aromatic carbocycles. The van der Waals surface area contributed by atoms with Gasteiger partial charge in [-0.3, -0.25) is 0 Å². The zero-order chi connectivity index (χ0) is 31.6. The molecule has 5 heteroatoms. The van der Waals surface area contributed by atoms with E-state index in [1.165, 1.54) is 5.39 Å². The number of nitrogens with zero attached hydrogens (tertiary/aromatic N) is 2. The molecule has 1 unspecified atom stereocenters. The van der Waals surface area contributed by atoms with Gasteiger partial charge in [-0.15, -0.1) is 0 Å². The van der Waals surface area contributed by atoms with Gasteiger partial charge in [-0.1, -0.05) is 133 Å². The molecule has 0 aliphatic carbocycles. The van der Waals surface area contributed by atoms with Gasteiger partial charge in [0.1, 0.15) is 34.0 Å². The number of amidine groups is 2. The van der Waals surface area contributed by atoms with Crippen molar-refractivity contribution in [3.8, 4) is 11.1 Å². The molecular weight excluding hydrogens is 590 g/mol. The summed E-state index contributed by atoms with van der Waals surface area (Å²) in [6, 6.07) is 52.1. The van der Waals surface area contributed by atoms with Crippen molar-refractivity contribution in [3.63, 3.8) is 0 Å². The van der Waals surface area contributed by atoms with Crippen molar-refractivity contribution in [3.05, 3.63) is 168 Å². The molecular formula is C43H27N3O2. The maximum atomic E-state index is 6.71. The largest absolute Gasteiger partial charge is 0.455 e. The molecule has 0 saturated heterocycles. The minimum Gasteiger partial charge on any atom is -0.455 e. The van der Waals surface area contributed by atoms with Crippen LogP contribution in [0.3, 0.4) is 0 Å². The molecule has 10 rings (SSSR count). The van der Waals surface area contributed by atoms with E-state index in [1.54, 1.807) is 0 Å². The van der Waals surface area contributed by atoms with Gasteiger partial charge in [-0.05, 0) is 29.0 Å². The Morgan fingerprint density at radius 2 is 1.10 bits per heavy atom. The van der Waals surface area contributed by atoms with E-state index in [9.17, 15) is 0 Å². The summed E-state index contributed by atoms with van der Waals surface area (Å²) in [6.45, 7) is 0. The van der Waals surface area contributed by atoms with Gasteiger partial charge >= 0.3 is 0 Å². The first-order valence-electron chi connectivity index (χ1n) is 16.1. The monoisotopic (exact) mass is 617 g/mol. The van der Waals surface area contributed by atoms with Crippen molar-refractivity contribution >= 4 is 66.3 Å². The minimum atomic E-state index is -0.512. The third-order valence-corrected chi connectivity index (χ3v) is 9.34. The summed E-state index contributed by atoms with van der Waals surface area (Å²) in [4.78, 5) is 10.5. The van der Waals surface area contributed by atoms with Crippen molar-refractivity contribution < 1.29 is 8.83 Å². The first-order chi connectivity index (χ1) is 23.8. The van der Waals surface area contributed by atoms with E-state index in [-0.39, 0.29) is 0 Å². The first kappa shape index (κ1) is 26.7. The van der Waals surface area contributed by atoms with E-state index >= 15 is 0 Å². The van der Waals surface area contributed by atoms with Crippen molar-refractivity contribution in [2.45, 2.75) is 6.17 Å². The number of aliphatic imine (C=N–C) groups is 2. The lowest BCUT2D eigenvalue weighted by atomic mass is 9.96. The number of benzene rings is 7. The van der Waals surface area contributed by atoms with E-state index in [1.807, 2.05) is 48.5 Å². The second kappa shape index (κ2) is 10.5. The smallest absolute Gasteiger partial charge is 0.170 e. The molecule has 1 aliphatic heterocycles. The molecule has 226 valence electrons. The highest BCUT2D eigenvalue weighted by Crippen LogP contribution is 2.44. The summed E-state index contributed by atoms with van der Waals surface area (Å²) in [6.07, 6.45) is -0.512. The molecule has 0 amide bonds. The zero-order valence-electron chi connectivity index (χ0n) is 25.7. The zero-order valence-corrected chi connectivity index (χ0v) is 25.7. The average molecular weight is 618 g/mol. The minimum absolute atomic E-state index is 0.512.